The summed E-state index contributed by atoms with van der Waals surface area (Å²) in [7, 11) is 3.90. The van der Waals surface area contributed by atoms with Crippen molar-refractivity contribution in [2.75, 3.05) is 45.2 Å². The Hall–Kier alpha value is -2.30. The standard InChI is InChI=1S/C21H25N3O/c1-22-13-15-23(16-14-22)20-11-12-24(21-6-4-3-5-19(20)21)17-7-9-18(25-2)10-8-17/h3-12,20H,13-16H2,1-2H3. The lowest BCUT2D eigenvalue weighted by molar-refractivity contribution is 0.130. The summed E-state index contributed by atoms with van der Waals surface area (Å²) in [4.78, 5) is 7.25. The zero-order valence-corrected chi connectivity index (χ0v) is 14.9. The van der Waals surface area contributed by atoms with Gasteiger partial charge in [-0.1, -0.05) is 18.2 Å². The highest BCUT2D eigenvalue weighted by Gasteiger charge is 2.28. The summed E-state index contributed by atoms with van der Waals surface area (Å²) in [6, 6.07) is 17.3. The molecule has 2 heterocycles. The van der Waals surface area contributed by atoms with Gasteiger partial charge in [-0.05, 0) is 49.0 Å². The molecule has 2 aliphatic heterocycles. The number of piperazine rings is 1. The molecule has 1 fully saturated rings. The summed E-state index contributed by atoms with van der Waals surface area (Å²) in [6.07, 6.45) is 4.55. The lowest BCUT2D eigenvalue weighted by Gasteiger charge is -2.40. The van der Waals surface area contributed by atoms with Crippen molar-refractivity contribution in [3.05, 3.63) is 66.4 Å². The van der Waals surface area contributed by atoms with Crippen molar-refractivity contribution in [1.29, 1.82) is 0 Å². The van der Waals surface area contributed by atoms with Crippen LogP contribution in [0.25, 0.3) is 0 Å². The summed E-state index contributed by atoms with van der Waals surface area (Å²) < 4.78 is 5.28. The van der Waals surface area contributed by atoms with Crippen molar-refractivity contribution in [2.24, 2.45) is 0 Å². The molecule has 0 saturated carbocycles. The molecule has 1 atom stereocenters. The molecule has 25 heavy (non-hydrogen) atoms. The zero-order valence-electron chi connectivity index (χ0n) is 14.9. The summed E-state index contributed by atoms with van der Waals surface area (Å²) in [5.41, 5.74) is 3.80. The van der Waals surface area contributed by atoms with Crippen LogP contribution in [0, 0.1) is 0 Å². The highest BCUT2D eigenvalue weighted by atomic mass is 16.5. The Morgan fingerprint density at radius 2 is 1.64 bits per heavy atom. The molecule has 0 amide bonds. The Labute approximate surface area is 149 Å². The largest absolute Gasteiger partial charge is 0.497 e. The molecule has 0 N–H and O–H groups in total. The van der Waals surface area contributed by atoms with Crippen LogP contribution in [-0.4, -0.2) is 50.1 Å². The van der Waals surface area contributed by atoms with Gasteiger partial charge in [0, 0.05) is 38.1 Å². The Kier molecular flexibility index (Phi) is 4.47. The highest BCUT2D eigenvalue weighted by molar-refractivity contribution is 5.72. The van der Waals surface area contributed by atoms with Crippen molar-refractivity contribution in [3.63, 3.8) is 0 Å². The third kappa shape index (κ3) is 3.15. The molecule has 130 valence electrons. The third-order valence-electron chi connectivity index (χ3n) is 5.21. The Morgan fingerprint density at radius 1 is 0.920 bits per heavy atom. The first kappa shape index (κ1) is 16.2. The van der Waals surface area contributed by atoms with Gasteiger partial charge in [0.2, 0.25) is 0 Å². The van der Waals surface area contributed by atoms with E-state index in [0.717, 1.165) is 37.6 Å². The fourth-order valence-electron chi connectivity index (χ4n) is 3.70. The van der Waals surface area contributed by atoms with E-state index in [1.165, 1.54) is 11.3 Å². The van der Waals surface area contributed by atoms with Crippen LogP contribution in [-0.2, 0) is 0 Å². The molecule has 4 rings (SSSR count). The van der Waals surface area contributed by atoms with Gasteiger partial charge >= 0.3 is 0 Å². The first-order valence-corrected chi connectivity index (χ1v) is 8.89. The summed E-state index contributed by atoms with van der Waals surface area (Å²) in [5, 5.41) is 0. The molecule has 4 heteroatoms. The predicted molar refractivity (Wildman–Crippen MR) is 103 cm³/mol. The highest BCUT2D eigenvalue weighted by Crippen LogP contribution is 2.39. The number of fused-ring (bicyclic) bond motifs is 1. The van der Waals surface area contributed by atoms with Crippen molar-refractivity contribution in [1.82, 2.24) is 9.80 Å². The number of nitrogens with zero attached hydrogens (tertiary/aromatic N) is 3. The second kappa shape index (κ2) is 6.90. The van der Waals surface area contributed by atoms with Crippen LogP contribution in [0.5, 0.6) is 5.75 Å². The maximum Gasteiger partial charge on any atom is 0.119 e. The van der Waals surface area contributed by atoms with Crippen LogP contribution in [0.2, 0.25) is 0 Å². The van der Waals surface area contributed by atoms with Gasteiger partial charge in [0.05, 0.1) is 18.8 Å². The maximum absolute atomic E-state index is 5.28. The normalized spacial score (nSPS) is 21.2. The molecule has 0 radical (unpaired) electrons. The van der Waals surface area contributed by atoms with E-state index in [1.54, 1.807) is 7.11 Å². The fraction of sp³-hybridized carbons (Fsp3) is 0.333. The molecule has 2 aliphatic rings. The molecule has 0 spiro atoms. The molecule has 0 aliphatic carbocycles. The van der Waals surface area contributed by atoms with E-state index in [4.69, 9.17) is 4.74 Å². The number of likely N-dealkylation sites (N-methyl/N-ethyl adjacent to an activating group) is 1. The van der Waals surface area contributed by atoms with E-state index in [2.05, 4.69) is 70.4 Å². The van der Waals surface area contributed by atoms with Crippen LogP contribution < -0.4 is 9.64 Å². The predicted octanol–water partition coefficient (Wildman–Crippen LogP) is 3.65. The number of para-hydroxylation sites is 1. The minimum atomic E-state index is 0.361. The minimum absolute atomic E-state index is 0.361. The summed E-state index contributed by atoms with van der Waals surface area (Å²) in [5.74, 6) is 0.883. The van der Waals surface area contributed by atoms with Crippen LogP contribution >= 0.6 is 0 Å². The van der Waals surface area contributed by atoms with E-state index in [9.17, 15) is 0 Å². The van der Waals surface area contributed by atoms with Gasteiger partial charge in [0.15, 0.2) is 0 Å². The minimum Gasteiger partial charge on any atom is -0.497 e. The first-order chi connectivity index (χ1) is 12.3. The number of anilines is 2. The summed E-state index contributed by atoms with van der Waals surface area (Å²) >= 11 is 0. The van der Waals surface area contributed by atoms with Gasteiger partial charge in [-0.3, -0.25) is 4.90 Å². The number of ether oxygens (including phenoxy) is 1. The smallest absolute Gasteiger partial charge is 0.119 e. The molecule has 1 saturated heterocycles. The van der Waals surface area contributed by atoms with E-state index < -0.39 is 0 Å². The van der Waals surface area contributed by atoms with Crippen LogP contribution in [0.4, 0.5) is 11.4 Å². The SMILES string of the molecule is COc1ccc(N2C=CC(N3CCN(C)CC3)c3ccccc32)cc1. The van der Waals surface area contributed by atoms with E-state index in [1.807, 2.05) is 12.1 Å². The van der Waals surface area contributed by atoms with Crippen LogP contribution in [0.1, 0.15) is 11.6 Å². The number of hydrogen-bond donors (Lipinski definition) is 0. The molecule has 2 aromatic carbocycles. The molecular weight excluding hydrogens is 310 g/mol. The van der Waals surface area contributed by atoms with Gasteiger partial charge in [0.1, 0.15) is 5.75 Å². The number of methoxy groups -OCH3 is 1. The first-order valence-electron chi connectivity index (χ1n) is 8.89. The molecule has 0 bridgehead atoms. The van der Waals surface area contributed by atoms with Crippen molar-refractivity contribution >= 4 is 11.4 Å². The molecular formula is C21H25N3O. The van der Waals surface area contributed by atoms with Gasteiger partial charge in [-0.25, -0.2) is 0 Å². The van der Waals surface area contributed by atoms with Gasteiger partial charge in [0.25, 0.3) is 0 Å². The molecule has 2 aromatic rings. The van der Waals surface area contributed by atoms with Crippen molar-refractivity contribution < 1.29 is 4.74 Å². The van der Waals surface area contributed by atoms with E-state index >= 15 is 0 Å². The molecule has 4 nitrogen and oxygen atoms in total. The average molecular weight is 335 g/mol. The Morgan fingerprint density at radius 3 is 2.36 bits per heavy atom. The Balaban J connectivity index is 1.65. The average Bonchev–Trinajstić information content (AvgIpc) is 2.68. The van der Waals surface area contributed by atoms with Gasteiger partial charge in [-0.15, -0.1) is 0 Å². The lowest BCUT2D eigenvalue weighted by atomic mass is 9.98. The topological polar surface area (TPSA) is 19.0 Å². The quantitative estimate of drug-likeness (QED) is 0.852. The number of rotatable bonds is 3. The number of benzene rings is 2. The van der Waals surface area contributed by atoms with Crippen molar-refractivity contribution in [2.45, 2.75) is 6.04 Å². The third-order valence-corrected chi connectivity index (χ3v) is 5.21. The zero-order chi connectivity index (χ0) is 17.2. The van der Waals surface area contributed by atoms with Gasteiger partial charge in [-0.2, -0.15) is 0 Å². The lowest BCUT2D eigenvalue weighted by Crippen LogP contribution is -2.46. The maximum atomic E-state index is 5.28. The van der Waals surface area contributed by atoms with Crippen LogP contribution in [0.15, 0.2) is 60.8 Å². The fourth-order valence-corrected chi connectivity index (χ4v) is 3.70. The van der Waals surface area contributed by atoms with Crippen LogP contribution in [0.3, 0.4) is 0 Å². The molecule has 1 unspecified atom stereocenters. The van der Waals surface area contributed by atoms with Gasteiger partial charge < -0.3 is 14.5 Å². The van der Waals surface area contributed by atoms with E-state index in [0.29, 0.717) is 6.04 Å². The second-order valence-electron chi connectivity index (χ2n) is 6.75. The monoisotopic (exact) mass is 335 g/mol. The second-order valence-corrected chi connectivity index (χ2v) is 6.75. The Bertz CT molecular complexity index is 748. The molecule has 0 aromatic heterocycles. The summed E-state index contributed by atoms with van der Waals surface area (Å²) in [6.45, 7) is 4.49. The van der Waals surface area contributed by atoms with E-state index in [-0.39, 0.29) is 0 Å². The van der Waals surface area contributed by atoms with Crippen molar-refractivity contribution in [3.8, 4) is 5.75 Å². The number of hydrogen-bond acceptors (Lipinski definition) is 4.